The summed E-state index contributed by atoms with van der Waals surface area (Å²) in [5, 5.41) is 3.51. The summed E-state index contributed by atoms with van der Waals surface area (Å²) in [6.07, 6.45) is 2.67. The van der Waals surface area contributed by atoms with Gasteiger partial charge in [0.15, 0.2) is 0 Å². The first-order valence-electron chi connectivity index (χ1n) is 4.96. The van der Waals surface area contributed by atoms with Gasteiger partial charge in [-0.1, -0.05) is 22.0 Å². The molecule has 0 aromatic heterocycles. The summed E-state index contributed by atoms with van der Waals surface area (Å²) < 4.78 is 1.17. The number of thioether (sulfide) groups is 1. The number of halogens is 1. The summed E-state index contributed by atoms with van der Waals surface area (Å²) in [5.74, 6) is 1.19. The molecule has 3 heteroatoms. The van der Waals surface area contributed by atoms with Crippen molar-refractivity contribution in [2.45, 2.75) is 23.8 Å². The molecule has 1 aliphatic heterocycles. The third-order valence-electron chi connectivity index (χ3n) is 2.41. The smallest absolute Gasteiger partial charge is 0.0186 e. The zero-order chi connectivity index (χ0) is 9.80. The monoisotopic (exact) mass is 271 g/mol. The molecule has 0 bridgehead atoms. The van der Waals surface area contributed by atoms with Gasteiger partial charge < -0.3 is 5.32 Å². The minimum Gasteiger partial charge on any atom is -0.313 e. The average molecular weight is 272 g/mol. The lowest BCUT2D eigenvalue weighted by molar-refractivity contribution is 0.674. The summed E-state index contributed by atoms with van der Waals surface area (Å²) in [5.41, 5.74) is 0. The van der Waals surface area contributed by atoms with Crippen LogP contribution in [0.3, 0.4) is 0 Å². The van der Waals surface area contributed by atoms with Crippen LogP contribution in [0.4, 0.5) is 0 Å². The van der Waals surface area contributed by atoms with Crippen molar-refractivity contribution in [2.75, 3.05) is 12.3 Å². The molecule has 0 saturated carbocycles. The Kier molecular flexibility index (Phi) is 3.90. The van der Waals surface area contributed by atoms with Crippen LogP contribution in [-0.4, -0.2) is 18.3 Å². The highest BCUT2D eigenvalue weighted by atomic mass is 79.9. The quantitative estimate of drug-likeness (QED) is 0.847. The third kappa shape index (κ3) is 3.01. The topological polar surface area (TPSA) is 12.0 Å². The third-order valence-corrected chi connectivity index (χ3v) is 4.06. The number of hydrogen-bond acceptors (Lipinski definition) is 2. The molecule has 1 N–H and O–H groups in total. The molecule has 0 radical (unpaired) electrons. The Labute approximate surface area is 97.8 Å². The molecule has 0 spiro atoms. The fourth-order valence-electron chi connectivity index (χ4n) is 1.65. The minimum atomic E-state index is 0.721. The van der Waals surface area contributed by atoms with E-state index in [4.69, 9.17) is 0 Å². The van der Waals surface area contributed by atoms with E-state index in [0.717, 1.165) is 6.04 Å². The molecule has 2 rings (SSSR count). The van der Waals surface area contributed by atoms with E-state index in [9.17, 15) is 0 Å². The van der Waals surface area contributed by atoms with Crippen molar-refractivity contribution in [1.82, 2.24) is 5.32 Å². The molecule has 1 nitrogen and oxygen atoms in total. The molecule has 1 heterocycles. The number of rotatable bonds is 3. The fraction of sp³-hybridized carbons (Fsp3) is 0.455. The molecule has 0 aliphatic carbocycles. The molecule has 1 aliphatic rings. The molecule has 1 unspecified atom stereocenters. The van der Waals surface area contributed by atoms with Crippen molar-refractivity contribution in [3.8, 4) is 0 Å². The van der Waals surface area contributed by atoms with Crippen molar-refractivity contribution in [2.24, 2.45) is 0 Å². The predicted octanol–water partition coefficient (Wildman–Crippen LogP) is 3.29. The van der Waals surface area contributed by atoms with Crippen molar-refractivity contribution >= 4 is 27.7 Å². The highest BCUT2D eigenvalue weighted by Gasteiger charge is 2.13. The fourth-order valence-corrected chi connectivity index (χ4v) is 3.27. The molecule has 1 aromatic rings. The largest absolute Gasteiger partial charge is 0.313 e. The summed E-state index contributed by atoms with van der Waals surface area (Å²) in [6.45, 7) is 1.20. The Hall–Kier alpha value is 0.01000. The minimum absolute atomic E-state index is 0.721. The summed E-state index contributed by atoms with van der Waals surface area (Å²) in [7, 11) is 0. The number of nitrogens with one attached hydrogen (secondary N) is 1. The second-order valence-electron chi connectivity index (χ2n) is 3.56. The molecule has 14 heavy (non-hydrogen) atoms. The first kappa shape index (κ1) is 10.5. The maximum Gasteiger partial charge on any atom is 0.0186 e. The van der Waals surface area contributed by atoms with E-state index < -0.39 is 0 Å². The van der Waals surface area contributed by atoms with Crippen molar-refractivity contribution in [1.29, 1.82) is 0 Å². The van der Waals surface area contributed by atoms with Gasteiger partial charge in [0.05, 0.1) is 0 Å². The van der Waals surface area contributed by atoms with Gasteiger partial charge in [0.1, 0.15) is 0 Å². The molecule has 1 saturated heterocycles. The van der Waals surface area contributed by atoms with E-state index in [0.29, 0.717) is 0 Å². The van der Waals surface area contributed by atoms with Crippen molar-refractivity contribution < 1.29 is 0 Å². The highest BCUT2D eigenvalue weighted by Crippen LogP contribution is 2.24. The normalized spacial score (nSPS) is 21.4. The second-order valence-corrected chi connectivity index (χ2v) is 5.57. The van der Waals surface area contributed by atoms with E-state index in [1.165, 1.54) is 34.5 Å². The molecular formula is C11H14BrNS. The Morgan fingerprint density at radius 1 is 1.50 bits per heavy atom. The standard InChI is InChI=1S/C11H14BrNS/c12-9-3-1-5-11(7-9)14-8-10-4-2-6-13-10/h1,3,5,7,10,13H,2,4,6,8H2. The van der Waals surface area contributed by atoms with Gasteiger partial charge in [-0.3, -0.25) is 0 Å². The van der Waals surface area contributed by atoms with E-state index in [-0.39, 0.29) is 0 Å². The van der Waals surface area contributed by atoms with Gasteiger partial charge in [-0.25, -0.2) is 0 Å². The first-order chi connectivity index (χ1) is 6.84. The van der Waals surface area contributed by atoms with E-state index in [1.54, 1.807) is 0 Å². The number of hydrogen-bond donors (Lipinski definition) is 1. The lowest BCUT2D eigenvalue weighted by Gasteiger charge is -2.09. The highest BCUT2D eigenvalue weighted by molar-refractivity contribution is 9.10. The van der Waals surface area contributed by atoms with Crippen LogP contribution in [0, 0.1) is 0 Å². The molecule has 1 fully saturated rings. The molecule has 0 amide bonds. The maximum absolute atomic E-state index is 3.51. The van der Waals surface area contributed by atoms with Crippen LogP contribution in [-0.2, 0) is 0 Å². The van der Waals surface area contributed by atoms with E-state index >= 15 is 0 Å². The summed E-state index contributed by atoms with van der Waals surface area (Å²) >= 11 is 5.43. The lowest BCUT2D eigenvalue weighted by Crippen LogP contribution is -2.23. The van der Waals surface area contributed by atoms with Gasteiger partial charge in [0, 0.05) is 21.2 Å². The van der Waals surface area contributed by atoms with Crippen molar-refractivity contribution in [3.63, 3.8) is 0 Å². The molecular weight excluding hydrogens is 258 g/mol. The van der Waals surface area contributed by atoms with Crippen LogP contribution in [0.25, 0.3) is 0 Å². The van der Waals surface area contributed by atoms with Crippen LogP contribution >= 0.6 is 27.7 Å². The van der Waals surface area contributed by atoms with Gasteiger partial charge in [0.25, 0.3) is 0 Å². The maximum atomic E-state index is 3.51. The second kappa shape index (κ2) is 5.19. The van der Waals surface area contributed by atoms with Gasteiger partial charge in [-0.05, 0) is 37.6 Å². The van der Waals surface area contributed by atoms with Crippen LogP contribution in [0.2, 0.25) is 0 Å². The number of benzene rings is 1. The summed E-state index contributed by atoms with van der Waals surface area (Å²) in [6, 6.07) is 9.23. The van der Waals surface area contributed by atoms with E-state index in [2.05, 4.69) is 45.5 Å². The Morgan fingerprint density at radius 2 is 2.43 bits per heavy atom. The van der Waals surface area contributed by atoms with E-state index in [1.807, 2.05) is 11.8 Å². The predicted molar refractivity (Wildman–Crippen MR) is 65.9 cm³/mol. The van der Waals surface area contributed by atoms with Crippen LogP contribution < -0.4 is 5.32 Å². The zero-order valence-electron chi connectivity index (χ0n) is 8.00. The summed E-state index contributed by atoms with van der Waals surface area (Å²) in [4.78, 5) is 1.35. The van der Waals surface area contributed by atoms with Crippen LogP contribution in [0.5, 0.6) is 0 Å². The zero-order valence-corrected chi connectivity index (χ0v) is 10.4. The van der Waals surface area contributed by atoms with Crippen LogP contribution in [0.1, 0.15) is 12.8 Å². The van der Waals surface area contributed by atoms with Crippen molar-refractivity contribution in [3.05, 3.63) is 28.7 Å². The molecule has 76 valence electrons. The lowest BCUT2D eigenvalue weighted by atomic mass is 10.3. The van der Waals surface area contributed by atoms with Gasteiger partial charge in [0.2, 0.25) is 0 Å². The van der Waals surface area contributed by atoms with Gasteiger partial charge in [-0.15, -0.1) is 11.8 Å². The first-order valence-corrected chi connectivity index (χ1v) is 6.74. The molecule has 1 aromatic carbocycles. The Balaban J connectivity index is 1.85. The average Bonchev–Trinajstić information content (AvgIpc) is 2.67. The van der Waals surface area contributed by atoms with Crippen LogP contribution in [0.15, 0.2) is 33.6 Å². The van der Waals surface area contributed by atoms with Gasteiger partial charge in [-0.2, -0.15) is 0 Å². The SMILES string of the molecule is Brc1cccc(SCC2CCCN2)c1. The molecule has 1 atom stereocenters. The Morgan fingerprint density at radius 3 is 3.14 bits per heavy atom. The van der Waals surface area contributed by atoms with Gasteiger partial charge >= 0.3 is 0 Å². The Bertz CT molecular complexity index is 297.